The topological polar surface area (TPSA) is 81.4 Å². The van der Waals surface area contributed by atoms with Crippen LogP contribution in [0.3, 0.4) is 0 Å². The van der Waals surface area contributed by atoms with Crippen molar-refractivity contribution in [3.8, 4) is 11.3 Å². The van der Waals surface area contributed by atoms with E-state index in [1.165, 1.54) is 0 Å². The number of nitrogens with zero attached hydrogens (tertiary/aromatic N) is 4. The number of hydrogen-bond acceptors (Lipinski definition) is 6. The quantitative estimate of drug-likeness (QED) is 0.744. The first-order valence-corrected chi connectivity index (χ1v) is 11.1. The van der Waals surface area contributed by atoms with E-state index in [1.54, 1.807) is 7.11 Å². The number of hydrogen-bond donors (Lipinski definition) is 0. The Bertz CT molecular complexity index is 902. The summed E-state index contributed by atoms with van der Waals surface area (Å²) in [5.41, 5.74) is 3.60. The Labute approximate surface area is 178 Å². The molecule has 0 unspecified atom stereocenters. The van der Waals surface area contributed by atoms with E-state index in [2.05, 4.69) is 15.0 Å². The Morgan fingerprint density at radius 1 is 1.13 bits per heavy atom. The molecule has 0 N–H and O–H groups in total. The molecule has 1 amide bonds. The van der Waals surface area contributed by atoms with Gasteiger partial charge in [-0.05, 0) is 65.7 Å². The number of carbonyl (C=O) groups excluding carboxylic acids is 1. The van der Waals surface area contributed by atoms with Gasteiger partial charge in [-0.15, -0.1) is 0 Å². The van der Waals surface area contributed by atoms with Gasteiger partial charge in [-0.3, -0.25) is 4.79 Å². The van der Waals surface area contributed by atoms with Crippen LogP contribution in [-0.4, -0.2) is 45.7 Å². The number of amides is 1. The second kappa shape index (κ2) is 8.84. The van der Waals surface area contributed by atoms with Gasteiger partial charge < -0.3 is 14.2 Å². The summed E-state index contributed by atoms with van der Waals surface area (Å²) in [6, 6.07) is -0.0482. The fourth-order valence-electron chi connectivity index (χ4n) is 4.84. The molecule has 7 nitrogen and oxygen atoms in total. The third-order valence-electron chi connectivity index (χ3n) is 6.80. The highest BCUT2D eigenvalue weighted by molar-refractivity contribution is 5.80. The summed E-state index contributed by atoms with van der Waals surface area (Å²) in [6.45, 7) is 6.62. The molecule has 0 aromatic carbocycles. The molecule has 0 bridgehead atoms. The maximum Gasteiger partial charge on any atom is 0.226 e. The zero-order valence-electron chi connectivity index (χ0n) is 18.5. The van der Waals surface area contributed by atoms with Crippen molar-refractivity contribution >= 4 is 5.91 Å². The van der Waals surface area contributed by atoms with Gasteiger partial charge in [-0.1, -0.05) is 5.16 Å². The SMILES string of the molecule is COC1CCC(C(=O)N2CCCC[C@@H]2c2nc(C)ncc2-c2onc(C)c2C)CC1. The van der Waals surface area contributed by atoms with Gasteiger partial charge in [0, 0.05) is 31.3 Å². The van der Waals surface area contributed by atoms with Gasteiger partial charge in [0.05, 0.1) is 29.1 Å². The van der Waals surface area contributed by atoms with Gasteiger partial charge in [0.15, 0.2) is 5.76 Å². The second-order valence-corrected chi connectivity index (χ2v) is 8.69. The van der Waals surface area contributed by atoms with Crippen LogP contribution in [-0.2, 0) is 9.53 Å². The first kappa shape index (κ1) is 21.0. The lowest BCUT2D eigenvalue weighted by Gasteiger charge is -2.39. The molecule has 162 valence electrons. The monoisotopic (exact) mass is 412 g/mol. The zero-order chi connectivity index (χ0) is 21.3. The molecule has 1 saturated heterocycles. The number of rotatable bonds is 4. The van der Waals surface area contributed by atoms with Crippen molar-refractivity contribution in [3.63, 3.8) is 0 Å². The van der Waals surface area contributed by atoms with Crippen LogP contribution in [0.4, 0.5) is 0 Å². The zero-order valence-corrected chi connectivity index (χ0v) is 18.5. The summed E-state index contributed by atoms with van der Waals surface area (Å²) >= 11 is 0. The number of likely N-dealkylation sites (tertiary alicyclic amines) is 1. The highest BCUT2D eigenvalue weighted by Gasteiger charge is 2.36. The van der Waals surface area contributed by atoms with E-state index in [-0.39, 0.29) is 17.9 Å². The van der Waals surface area contributed by atoms with Gasteiger partial charge in [0.2, 0.25) is 5.91 Å². The van der Waals surface area contributed by atoms with Gasteiger partial charge in [0.1, 0.15) is 5.82 Å². The predicted molar refractivity (Wildman–Crippen MR) is 113 cm³/mol. The highest BCUT2D eigenvalue weighted by Crippen LogP contribution is 2.39. The summed E-state index contributed by atoms with van der Waals surface area (Å²) in [5.74, 6) is 1.77. The standard InChI is InChI=1S/C23H32N4O3/c1-14-15(2)26-30-22(14)19-13-24-16(3)25-21(19)20-7-5-6-12-27(20)23(28)17-8-10-18(29-4)11-9-17/h13,17-18,20H,5-12H2,1-4H3/t17?,18?,20-/m1/s1. The normalized spacial score (nSPS) is 24.8. The van der Waals surface area contributed by atoms with Gasteiger partial charge in [-0.2, -0.15) is 0 Å². The van der Waals surface area contributed by atoms with Gasteiger partial charge in [-0.25, -0.2) is 9.97 Å². The summed E-state index contributed by atoms with van der Waals surface area (Å²) in [5, 5.41) is 4.12. The van der Waals surface area contributed by atoms with E-state index in [4.69, 9.17) is 14.2 Å². The molecule has 3 heterocycles. The Kier molecular flexibility index (Phi) is 6.18. The fraction of sp³-hybridized carbons (Fsp3) is 0.652. The maximum absolute atomic E-state index is 13.5. The van der Waals surface area contributed by atoms with Gasteiger partial charge >= 0.3 is 0 Å². The number of ether oxygens (including phenoxy) is 1. The summed E-state index contributed by atoms with van der Waals surface area (Å²) in [4.78, 5) is 24.9. The number of aromatic nitrogens is 3. The molecule has 1 aliphatic carbocycles. The molecule has 0 spiro atoms. The average Bonchev–Trinajstić information content (AvgIpc) is 3.11. The van der Waals surface area contributed by atoms with Crippen molar-refractivity contribution in [2.75, 3.05) is 13.7 Å². The van der Waals surface area contributed by atoms with Crippen LogP contribution < -0.4 is 0 Å². The van der Waals surface area contributed by atoms with Crippen molar-refractivity contribution in [1.29, 1.82) is 0 Å². The van der Waals surface area contributed by atoms with Crippen LogP contribution in [0, 0.1) is 26.7 Å². The number of carbonyl (C=O) groups is 1. The molecule has 4 rings (SSSR count). The maximum atomic E-state index is 13.5. The Morgan fingerprint density at radius 2 is 1.90 bits per heavy atom. The molecule has 2 aromatic heterocycles. The molecule has 1 aliphatic heterocycles. The molecule has 1 atom stereocenters. The molecular weight excluding hydrogens is 380 g/mol. The average molecular weight is 413 g/mol. The fourth-order valence-corrected chi connectivity index (χ4v) is 4.84. The van der Waals surface area contributed by atoms with E-state index in [9.17, 15) is 4.79 Å². The largest absolute Gasteiger partial charge is 0.381 e. The summed E-state index contributed by atoms with van der Waals surface area (Å²) in [6.07, 6.45) is 8.87. The van der Waals surface area contributed by atoms with Crippen molar-refractivity contribution in [1.82, 2.24) is 20.0 Å². The first-order valence-electron chi connectivity index (χ1n) is 11.1. The van der Waals surface area contributed by atoms with E-state index < -0.39 is 0 Å². The van der Waals surface area contributed by atoms with Gasteiger partial charge in [0.25, 0.3) is 0 Å². The molecule has 2 aromatic rings. The van der Waals surface area contributed by atoms with E-state index in [0.717, 1.165) is 74.0 Å². The minimum Gasteiger partial charge on any atom is -0.381 e. The number of piperidine rings is 1. The molecule has 1 saturated carbocycles. The molecule has 0 radical (unpaired) electrons. The van der Waals surface area contributed by atoms with Crippen LogP contribution in [0.1, 0.15) is 73.8 Å². The second-order valence-electron chi connectivity index (χ2n) is 8.69. The Balaban J connectivity index is 1.66. The number of aryl methyl sites for hydroxylation is 2. The number of methoxy groups -OCH3 is 1. The van der Waals surface area contributed by atoms with Crippen molar-refractivity contribution in [2.45, 2.75) is 77.9 Å². The van der Waals surface area contributed by atoms with Crippen molar-refractivity contribution < 1.29 is 14.1 Å². The first-order chi connectivity index (χ1) is 14.5. The van der Waals surface area contributed by atoms with Crippen LogP contribution in [0.15, 0.2) is 10.7 Å². The summed E-state index contributed by atoms with van der Waals surface area (Å²) < 4.78 is 11.1. The molecule has 30 heavy (non-hydrogen) atoms. The highest BCUT2D eigenvalue weighted by atomic mass is 16.5. The lowest BCUT2D eigenvalue weighted by molar-refractivity contribution is -0.141. The van der Waals surface area contributed by atoms with Crippen LogP contribution in [0.2, 0.25) is 0 Å². The predicted octanol–water partition coefficient (Wildman–Crippen LogP) is 4.32. The molecule has 2 aliphatic rings. The lowest BCUT2D eigenvalue weighted by atomic mass is 9.85. The van der Waals surface area contributed by atoms with Crippen molar-refractivity contribution in [3.05, 3.63) is 29.0 Å². The minimum absolute atomic E-state index is 0.0482. The lowest BCUT2D eigenvalue weighted by Crippen LogP contribution is -2.43. The Hall–Kier alpha value is -2.28. The van der Waals surface area contributed by atoms with E-state index in [1.807, 2.05) is 27.0 Å². The van der Waals surface area contributed by atoms with E-state index in [0.29, 0.717) is 17.7 Å². The Morgan fingerprint density at radius 3 is 2.57 bits per heavy atom. The van der Waals surface area contributed by atoms with Crippen LogP contribution >= 0.6 is 0 Å². The summed E-state index contributed by atoms with van der Waals surface area (Å²) in [7, 11) is 1.76. The third-order valence-corrected chi connectivity index (χ3v) is 6.80. The third kappa shape index (κ3) is 4.00. The molecule has 7 heteroatoms. The molecule has 2 fully saturated rings. The van der Waals surface area contributed by atoms with Crippen molar-refractivity contribution in [2.24, 2.45) is 5.92 Å². The van der Waals surface area contributed by atoms with Crippen LogP contribution in [0.5, 0.6) is 0 Å². The molecular formula is C23H32N4O3. The van der Waals surface area contributed by atoms with E-state index >= 15 is 0 Å². The minimum atomic E-state index is -0.0482. The van der Waals surface area contributed by atoms with Crippen LogP contribution in [0.25, 0.3) is 11.3 Å². The smallest absolute Gasteiger partial charge is 0.226 e.